The van der Waals surface area contributed by atoms with E-state index in [0.717, 1.165) is 44.9 Å². The van der Waals surface area contributed by atoms with Gasteiger partial charge in [0.05, 0.1) is 18.8 Å². The quantitative estimate of drug-likeness (QED) is 0.0421. The Balaban J connectivity index is 3.36. The van der Waals surface area contributed by atoms with E-state index in [9.17, 15) is 15.0 Å². The Labute approximate surface area is 388 Å². The average Bonchev–Trinajstić information content (AvgIpc) is 3.28. The topological polar surface area (TPSA) is 69.6 Å². The smallest absolute Gasteiger partial charge is 0.220 e. The highest BCUT2D eigenvalue weighted by Crippen LogP contribution is 2.17. The molecule has 1 amide bonds. The van der Waals surface area contributed by atoms with Crippen LogP contribution in [-0.4, -0.2) is 34.9 Å². The van der Waals surface area contributed by atoms with Gasteiger partial charge in [-0.1, -0.05) is 274 Å². The number of unbranched alkanes of at least 4 members (excludes halogenated alkanes) is 38. The monoisotopic (exact) mass is 868 g/mol. The number of aliphatic hydroxyl groups excluding tert-OH is 2. The van der Waals surface area contributed by atoms with Crippen molar-refractivity contribution in [2.75, 3.05) is 6.61 Å². The molecule has 0 heterocycles. The van der Waals surface area contributed by atoms with Crippen LogP contribution in [0.1, 0.15) is 296 Å². The second-order valence-corrected chi connectivity index (χ2v) is 19.0. The molecule has 2 unspecified atom stereocenters. The van der Waals surface area contributed by atoms with Crippen LogP contribution < -0.4 is 5.32 Å². The molecule has 364 valence electrons. The molecule has 0 aliphatic heterocycles. The van der Waals surface area contributed by atoms with Crippen molar-refractivity contribution in [2.45, 2.75) is 309 Å². The standard InChI is InChI=1S/C58H109NO3/c1-3-5-7-9-11-13-15-16-17-18-19-20-21-22-23-24-25-26-27-28-29-30-31-32-33-34-35-36-37-38-39-40-41-42-44-46-48-50-52-54-58(62)59-56(55-60)57(61)53-51-49-47-45-43-14-12-10-8-6-4-2/h8,10,18-19,43,45,51,53,56-57,60-61H,3-7,9,11-17,20-42,44,46-50,52,54-55H2,1-2H3,(H,59,62)/b10-8+,19-18-,45-43+,53-51+. The zero-order valence-corrected chi connectivity index (χ0v) is 41.9. The number of aliphatic hydroxyl groups is 2. The molecule has 2 atom stereocenters. The van der Waals surface area contributed by atoms with Crippen LogP contribution in [0.25, 0.3) is 0 Å². The number of allylic oxidation sites excluding steroid dienone is 7. The fraction of sp³-hybridized carbons (Fsp3) is 0.845. The van der Waals surface area contributed by atoms with E-state index in [0.29, 0.717) is 6.42 Å². The average molecular weight is 869 g/mol. The summed E-state index contributed by atoms with van der Waals surface area (Å²) in [5.41, 5.74) is 0. The first-order valence-corrected chi connectivity index (χ1v) is 27.9. The summed E-state index contributed by atoms with van der Waals surface area (Å²) in [7, 11) is 0. The molecule has 0 bridgehead atoms. The summed E-state index contributed by atoms with van der Waals surface area (Å²) in [5.74, 6) is -0.0760. The molecule has 0 aliphatic carbocycles. The van der Waals surface area contributed by atoms with Gasteiger partial charge in [0.2, 0.25) is 5.91 Å². The fourth-order valence-corrected chi connectivity index (χ4v) is 8.51. The molecule has 0 spiro atoms. The van der Waals surface area contributed by atoms with Crippen LogP contribution in [0.4, 0.5) is 0 Å². The third kappa shape index (κ3) is 49.4. The Morgan fingerprint density at radius 3 is 1.00 bits per heavy atom. The highest BCUT2D eigenvalue weighted by Gasteiger charge is 2.18. The molecule has 0 radical (unpaired) electrons. The van der Waals surface area contributed by atoms with Gasteiger partial charge in [0.25, 0.3) is 0 Å². The van der Waals surface area contributed by atoms with E-state index in [1.54, 1.807) is 6.08 Å². The molecule has 62 heavy (non-hydrogen) atoms. The summed E-state index contributed by atoms with van der Waals surface area (Å²) in [4.78, 5) is 12.4. The molecular weight excluding hydrogens is 759 g/mol. The zero-order chi connectivity index (χ0) is 44.9. The number of hydrogen-bond acceptors (Lipinski definition) is 3. The molecule has 0 saturated carbocycles. The van der Waals surface area contributed by atoms with Crippen LogP contribution in [0.3, 0.4) is 0 Å². The van der Waals surface area contributed by atoms with Gasteiger partial charge in [0.1, 0.15) is 0 Å². The predicted octanol–water partition coefficient (Wildman–Crippen LogP) is 18.3. The summed E-state index contributed by atoms with van der Waals surface area (Å²) in [5, 5.41) is 22.9. The lowest BCUT2D eigenvalue weighted by atomic mass is 10.0. The van der Waals surface area contributed by atoms with E-state index in [2.05, 4.69) is 55.6 Å². The lowest BCUT2D eigenvalue weighted by Crippen LogP contribution is -2.45. The van der Waals surface area contributed by atoms with Gasteiger partial charge in [-0.3, -0.25) is 4.79 Å². The molecule has 0 aliphatic rings. The number of nitrogens with one attached hydrogen (secondary N) is 1. The second kappa shape index (κ2) is 53.7. The van der Waals surface area contributed by atoms with Gasteiger partial charge in [0.15, 0.2) is 0 Å². The first-order chi connectivity index (χ1) is 30.7. The van der Waals surface area contributed by atoms with Crippen molar-refractivity contribution in [1.82, 2.24) is 5.32 Å². The molecule has 0 fully saturated rings. The van der Waals surface area contributed by atoms with Gasteiger partial charge >= 0.3 is 0 Å². The normalized spacial score (nSPS) is 13.2. The maximum atomic E-state index is 12.4. The SMILES string of the molecule is CCC/C=C/CC/C=C/CC/C=C/C(O)C(CO)NC(=O)CCCCCCCCCCCCCCCCCCCCCCCCCCCCC/C=C\CCCCCCCCCC. The van der Waals surface area contributed by atoms with Gasteiger partial charge in [-0.2, -0.15) is 0 Å². The van der Waals surface area contributed by atoms with Crippen molar-refractivity contribution in [3.05, 3.63) is 48.6 Å². The van der Waals surface area contributed by atoms with Crippen molar-refractivity contribution in [2.24, 2.45) is 0 Å². The summed E-state index contributed by atoms with van der Waals surface area (Å²) in [6.45, 7) is 4.23. The maximum Gasteiger partial charge on any atom is 0.220 e. The molecule has 0 aromatic heterocycles. The molecular formula is C58H109NO3. The summed E-state index contributed by atoms with van der Waals surface area (Å²) >= 11 is 0. The van der Waals surface area contributed by atoms with Crippen LogP contribution in [-0.2, 0) is 4.79 Å². The largest absolute Gasteiger partial charge is 0.394 e. The highest BCUT2D eigenvalue weighted by molar-refractivity contribution is 5.76. The molecule has 0 aromatic carbocycles. The van der Waals surface area contributed by atoms with Crippen molar-refractivity contribution < 1.29 is 15.0 Å². The van der Waals surface area contributed by atoms with Crippen molar-refractivity contribution >= 4 is 5.91 Å². The number of carbonyl (C=O) groups is 1. The molecule has 0 aromatic rings. The molecule has 0 rings (SSSR count). The van der Waals surface area contributed by atoms with Crippen LogP contribution in [0.15, 0.2) is 48.6 Å². The number of hydrogen-bond donors (Lipinski definition) is 3. The first kappa shape index (κ1) is 60.4. The van der Waals surface area contributed by atoms with Gasteiger partial charge in [0, 0.05) is 6.42 Å². The minimum atomic E-state index is -0.867. The Kier molecular flexibility index (Phi) is 52.3. The lowest BCUT2D eigenvalue weighted by molar-refractivity contribution is -0.123. The van der Waals surface area contributed by atoms with E-state index in [-0.39, 0.29) is 12.5 Å². The molecule has 4 heteroatoms. The third-order valence-corrected chi connectivity index (χ3v) is 12.7. The Hall–Kier alpha value is -1.65. The molecule has 3 N–H and O–H groups in total. The van der Waals surface area contributed by atoms with Crippen LogP contribution >= 0.6 is 0 Å². The van der Waals surface area contributed by atoms with Gasteiger partial charge < -0.3 is 15.5 Å². The van der Waals surface area contributed by atoms with E-state index < -0.39 is 12.1 Å². The molecule has 0 saturated heterocycles. The number of amides is 1. The van der Waals surface area contributed by atoms with Crippen molar-refractivity contribution in [3.63, 3.8) is 0 Å². The number of rotatable bonds is 51. The van der Waals surface area contributed by atoms with E-state index >= 15 is 0 Å². The lowest BCUT2D eigenvalue weighted by Gasteiger charge is -2.19. The van der Waals surface area contributed by atoms with Crippen LogP contribution in [0.2, 0.25) is 0 Å². The molecule has 4 nitrogen and oxygen atoms in total. The predicted molar refractivity (Wildman–Crippen MR) is 276 cm³/mol. The number of carbonyl (C=O) groups excluding carboxylic acids is 1. The fourth-order valence-electron chi connectivity index (χ4n) is 8.51. The summed E-state index contributed by atoms with van der Waals surface area (Å²) in [6, 6.07) is -0.643. The Morgan fingerprint density at radius 1 is 0.371 bits per heavy atom. The van der Waals surface area contributed by atoms with E-state index in [1.807, 2.05) is 6.08 Å². The maximum absolute atomic E-state index is 12.4. The van der Waals surface area contributed by atoms with E-state index in [1.165, 1.54) is 231 Å². The highest BCUT2D eigenvalue weighted by atomic mass is 16.3. The second-order valence-electron chi connectivity index (χ2n) is 19.0. The van der Waals surface area contributed by atoms with Gasteiger partial charge in [-0.25, -0.2) is 0 Å². The summed E-state index contributed by atoms with van der Waals surface area (Å²) < 4.78 is 0. The Bertz CT molecular complexity index is 985. The van der Waals surface area contributed by atoms with Gasteiger partial charge in [-0.05, 0) is 64.2 Å². The van der Waals surface area contributed by atoms with Crippen LogP contribution in [0, 0.1) is 0 Å². The zero-order valence-electron chi connectivity index (χ0n) is 41.9. The van der Waals surface area contributed by atoms with Crippen molar-refractivity contribution in [3.8, 4) is 0 Å². The van der Waals surface area contributed by atoms with E-state index in [4.69, 9.17) is 0 Å². The minimum Gasteiger partial charge on any atom is -0.394 e. The van der Waals surface area contributed by atoms with Gasteiger partial charge in [-0.15, -0.1) is 0 Å². The first-order valence-electron chi connectivity index (χ1n) is 27.9. The van der Waals surface area contributed by atoms with Crippen molar-refractivity contribution in [1.29, 1.82) is 0 Å². The Morgan fingerprint density at radius 2 is 0.661 bits per heavy atom. The summed E-state index contributed by atoms with van der Waals surface area (Å²) in [6.07, 6.45) is 74.5. The van der Waals surface area contributed by atoms with Crippen LogP contribution in [0.5, 0.6) is 0 Å². The minimum absolute atomic E-state index is 0.0760. The third-order valence-electron chi connectivity index (χ3n) is 12.7.